The zero-order valence-corrected chi connectivity index (χ0v) is 11.6. The van der Waals surface area contributed by atoms with Crippen LogP contribution < -0.4 is 10.1 Å². The Bertz CT molecular complexity index is 694. The van der Waals surface area contributed by atoms with Gasteiger partial charge in [0.05, 0.1) is 7.11 Å². The van der Waals surface area contributed by atoms with E-state index in [9.17, 15) is 0 Å². The van der Waals surface area contributed by atoms with Crippen LogP contribution >= 0.6 is 0 Å². The molecule has 1 heterocycles. The first-order valence-corrected chi connectivity index (χ1v) is 6.55. The van der Waals surface area contributed by atoms with Crippen LogP contribution in [0.1, 0.15) is 0 Å². The molecular formula is C17H14N3O. The fraction of sp³-hybridized carbons (Fsp3) is 0.0588. The summed E-state index contributed by atoms with van der Waals surface area (Å²) >= 11 is 0. The second kappa shape index (κ2) is 6.05. The van der Waals surface area contributed by atoms with Crippen LogP contribution in [0.5, 0.6) is 5.75 Å². The summed E-state index contributed by atoms with van der Waals surface area (Å²) in [5.74, 6) is 1.40. The SMILES string of the molecule is COc1ccc(-c2cnc(Nc3cc[c]cc3)nc2)cc1. The van der Waals surface area contributed by atoms with Gasteiger partial charge in [-0.05, 0) is 35.9 Å². The molecule has 0 spiro atoms. The van der Waals surface area contributed by atoms with Crippen LogP contribution in [-0.4, -0.2) is 17.1 Å². The molecule has 21 heavy (non-hydrogen) atoms. The number of nitrogens with zero attached hydrogens (tertiary/aromatic N) is 2. The molecular weight excluding hydrogens is 262 g/mol. The third-order valence-electron chi connectivity index (χ3n) is 3.05. The normalized spacial score (nSPS) is 10.1. The van der Waals surface area contributed by atoms with Gasteiger partial charge in [0, 0.05) is 23.6 Å². The van der Waals surface area contributed by atoms with Crippen molar-refractivity contribution in [2.24, 2.45) is 0 Å². The number of aromatic nitrogens is 2. The highest BCUT2D eigenvalue weighted by molar-refractivity contribution is 5.63. The van der Waals surface area contributed by atoms with Gasteiger partial charge >= 0.3 is 0 Å². The van der Waals surface area contributed by atoms with Crippen molar-refractivity contribution >= 4 is 11.6 Å². The van der Waals surface area contributed by atoms with Crippen molar-refractivity contribution in [2.75, 3.05) is 12.4 Å². The molecule has 2 aromatic carbocycles. The summed E-state index contributed by atoms with van der Waals surface area (Å²) in [4.78, 5) is 8.66. The minimum Gasteiger partial charge on any atom is -0.497 e. The maximum absolute atomic E-state index is 5.15. The average molecular weight is 276 g/mol. The minimum absolute atomic E-state index is 0.568. The Hall–Kier alpha value is -2.88. The zero-order chi connectivity index (χ0) is 14.5. The number of benzene rings is 2. The van der Waals surface area contributed by atoms with Gasteiger partial charge in [0.2, 0.25) is 5.95 Å². The van der Waals surface area contributed by atoms with Gasteiger partial charge in [-0.3, -0.25) is 0 Å². The summed E-state index contributed by atoms with van der Waals surface area (Å²) in [7, 11) is 1.65. The standard InChI is InChI=1S/C17H14N3O/c1-21-16-9-7-13(8-10-16)14-11-18-17(19-12-14)20-15-5-3-2-4-6-15/h3-12H,1H3,(H,18,19,20). The Morgan fingerprint density at radius 3 is 2.19 bits per heavy atom. The number of hydrogen-bond acceptors (Lipinski definition) is 4. The summed E-state index contributed by atoms with van der Waals surface area (Å²) in [6.07, 6.45) is 3.60. The van der Waals surface area contributed by atoms with Gasteiger partial charge in [0.15, 0.2) is 0 Å². The van der Waals surface area contributed by atoms with Crippen LogP contribution in [0.4, 0.5) is 11.6 Å². The molecule has 0 unspecified atom stereocenters. The lowest BCUT2D eigenvalue weighted by molar-refractivity contribution is 0.415. The Morgan fingerprint density at radius 1 is 0.905 bits per heavy atom. The van der Waals surface area contributed by atoms with Gasteiger partial charge in [0.25, 0.3) is 0 Å². The number of nitrogens with one attached hydrogen (secondary N) is 1. The van der Waals surface area contributed by atoms with E-state index in [1.54, 1.807) is 19.5 Å². The topological polar surface area (TPSA) is 47.0 Å². The van der Waals surface area contributed by atoms with E-state index in [0.29, 0.717) is 5.95 Å². The van der Waals surface area contributed by atoms with Crippen LogP contribution in [-0.2, 0) is 0 Å². The van der Waals surface area contributed by atoms with E-state index in [1.807, 2.05) is 48.5 Å². The van der Waals surface area contributed by atoms with E-state index < -0.39 is 0 Å². The Labute approximate surface area is 123 Å². The number of anilines is 2. The summed E-state index contributed by atoms with van der Waals surface area (Å²) in [6, 6.07) is 18.3. The quantitative estimate of drug-likeness (QED) is 0.789. The Morgan fingerprint density at radius 2 is 1.57 bits per heavy atom. The molecule has 0 bridgehead atoms. The molecule has 1 aromatic heterocycles. The largest absolute Gasteiger partial charge is 0.497 e. The smallest absolute Gasteiger partial charge is 0.227 e. The van der Waals surface area contributed by atoms with E-state index in [0.717, 1.165) is 22.6 Å². The first-order valence-electron chi connectivity index (χ1n) is 6.55. The maximum Gasteiger partial charge on any atom is 0.227 e. The summed E-state index contributed by atoms with van der Waals surface area (Å²) in [5, 5.41) is 3.14. The Kier molecular flexibility index (Phi) is 3.78. The van der Waals surface area contributed by atoms with Gasteiger partial charge < -0.3 is 10.1 Å². The predicted octanol–water partition coefficient (Wildman–Crippen LogP) is 3.70. The highest BCUT2D eigenvalue weighted by Gasteiger charge is 2.01. The lowest BCUT2D eigenvalue weighted by Gasteiger charge is -2.06. The molecule has 0 saturated heterocycles. The number of rotatable bonds is 4. The van der Waals surface area contributed by atoms with E-state index in [1.165, 1.54) is 0 Å². The average Bonchev–Trinajstić information content (AvgIpc) is 2.57. The molecule has 1 N–H and O–H groups in total. The fourth-order valence-corrected chi connectivity index (χ4v) is 1.92. The minimum atomic E-state index is 0.568. The van der Waals surface area contributed by atoms with Gasteiger partial charge in [-0.1, -0.05) is 24.3 Å². The van der Waals surface area contributed by atoms with Crippen molar-refractivity contribution in [1.82, 2.24) is 9.97 Å². The molecule has 103 valence electrons. The molecule has 0 atom stereocenters. The second-order valence-electron chi connectivity index (χ2n) is 4.44. The van der Waals surface area contributed by atoms with Crippen LogP contribution in [0.25, 0.3) is 11.1 Å². The molecule has 1 radical (unpaired) electrons. The van der Waals surface area contributed by atoms with Crippen molar-refractivity contribution in [1.29, 1.82) is 0 Å². The van der Waals surface area contributed by atoms with Crippen LogP contribution in [0, 0.1) is 6.07 Å². The molecule has 0 aliphatic heterocycles. The molecule has 0 amide bonds. The monoisotopic (exact) mass is 276 g/mol. The van der Waals surface area contributed by atoms with Gasteiger partial charge in [-0.2, -0.15) is 0 Å². The van der Waals surface area contributed by atoms with E-state index in [-0.39, 0.29) is 0 Å². The van der Waals surface area contributed by atoms with Crippen LogP contribution in [0.15, 0.2) is 60.9 Å². The van der Waals surface area contributed by atoms with Gasteiger partial charge in [0.1, 0.15) is 5.75 Å². The molecule has 0 fully saturated rings. The van der Waals surface area contributed by atoms with Crippen LogP contribution in [0.3, 0.4) is 0 Å². The molecule has 3 aromatic rings. The molecule has 3 rings (SSSR count). The summed E-state index contributed by atoms with van der Waals surface area (Å²) in [6.45, 7) is 0. The van der Waals surface area contributed by atoms with Crippen molar-refractivity contribution in [2.45, 2.75) is 0 Å². The van der Waals surface area contributed by atoms with Crippen molar-refractivity contribution in [3.63, 3.8) is 0 Å². The number of methoxy groups -OCH3 is 1. The highest BCUT2D eigenvalue weighted by atomic mass is 16.5. The van der Waals surface area contributed by atoms with Gasteiger partial charge in [-0.15, -0.1) is 0 Å². The van der Waals surface area contributed by atoms with E-state index in [4.69, 9.17) is 4.74 Å². The third-order valence-corrected chi connectivity index (χ3v) is 3.05. The van der Waals surface area contributed by atoms with Gasteiger partial charge in [-0.25, -0.2) is 9.97 Å². The zero-order valence-electron chi connectivity index (χ0n) is 11.6. The lowest BCUT2D eigenvalue weighted by atomic mass is 10.1. The molecule has 0 aliphatic rings. The number of ether oxygens (including phenoxy) is 1. The third kappa shape index (κ3) is 3.17. The lowest BCUT2D eigenvalue weighted by Crippen LogP contribution is -1.96. The summed E-state index contributed by atoms with van der Waals surface area (Å²) < 4.78 is 5.15. The fourth-order valence-electron chi connectivity index (χ4n) is 1.92. The summed E-state index contributed by atoms with van der Waals surface area (Å²) in [5.41, 5.74) is 2.95. The molecule has 4 heteroatoms. The van der Waals surface area contributed by atoms with Crippen LogP contribution in [0.2, 0.25) is 0 Å². The van der Waals surface area contributed by atoms with E-state index >= 15 is 0 Å². The van der Waals surface area contributed by atoms with Crippen molar-refractivity contribution in [3.8, 4) is 16.9 Å². The number of hydrogen-bond donors (Lipinski definition) is 1. The molecule has 0 saturated carbocycles. The van der Waals surface area contributed by atoms with Crippen molar-refractivity contribution in [3.05, 3.63) is 67.0 Å². The highest BCUT2D eigenvalue weighted by Crippen LogP contribution is 2.22. The second-order valence-corrected chi connectivity index (χ2v) is 4.44. The molecule has 0 aliphatic carbocycles. The molecule has 4 nitrogen and oxygen atoms in total. The maximum atomic E-state index is 5.15. The first kappa shape index (κ1) is 13.1. The Balaban J connectivity index is 1.77. The van der Waals surface area contributed by atoms with E-state index in [2.05, 4.69) is 21.4 Å². The predicted molar refractivity (Wildman–Crippen MR) is 82.6 cm³/mol. The first-order chi connectivity index (χ1) is 10.3. The van der Waals surface area contributed by atoms with Crippen molar-refractivity contribution < 1.29 is 4.74 Å².